The Hall–Kier alpha value is -2.89. The zero-order valence-electron chi connectivity index (χ0n) is 10.5. The van der Waals surface area contributed by atoms with E-state index >= 15 is 0 Å². The van der Waals surface area contributed by atoms with E-state index in [-0.39, 0.29) is 0 Å². The first kappa shape index (κ1) is 13.5. The highest BCUT2D eigenvalue weighted by atomic mass is 16.5. The van der Waals surface area contributed by atoms with Gasteiger partial charge in [-0.05, 0) is 24.3 Å². The summed E-state index contributed by atoms with van der Waals surface area (Å²) in [4.78, 5) is 21.5. The van der Waals surface area contributed by atoms with Gasteiger partial charge < -0.3 is 9.84 Å². The molecule has 0 aromatic heterocycles. The Labute approximate surface area is 115 Å². The Morgan fingerprint density at radius 2 is 1.75 bits per heavy atom. The van der Waals surface area contributed by atoms with Gasteiger partial charge in [-0.3, -0.25) is 4.79 Å². The quantitative estimate of drug-likeness (QED) is 0.645. The van der Waals surface area contributed by atoms with E-state index in [2.05, 4.69) is 5.29 Å². The molecular formula is C14H12N2O4. The first-order valence-corrected chi connectivity index (χ1v) is 5.85. The summed E-state index contributed by atoms with van der Waals surface area (Å²) < 4.78 is 5.64. The third-order valence-corrected chi connectivity index (χ3v) is 2.50. The van der Waals surface area contributed by atoms with Crippen molar-refractivity contribution in [1.82, 2.24) is 0 Å². The van der Waals surface area contributed by atoms with Gasteiger partial charge in [0, 0.05) is 0 Å². The number of rotatable bonds is 6. The van der Waals surface area contributed by atoms with Crippen molar-refractivity contribution < 1.29 is 14.6 Å². The maximum Gasteiger partial charge on any atom is 0.325 e. The zero-order chi connectivity index (χ0) is 14.4. The van der Waals surface area contributed by atoms with E-state index in [0.29, 0.717) is 17.2 Å². The van der Waals surface area contributed by atoms with Gasteiger partial charge in [0.15, 0.2) is 5.75 Å². The van der Waals surface area contributed by atoms with E-state index in [9.17, 15) is 9.70 Å². The van der Waals surface area contributed by atoms with Crippen LogP contribution in [0.4, 0.5) is 5.69 Å². The summed E-state index contributed by atoms with van der Waals surface area (Å²) >= 11 is 0. The van der Waals surface area contributed by atoms with Crippen molar-refractivity contribution in [3.8, 4) is 11.5 Å². The minimum absolute atomic E-state index is 0.300. The standard InChI is InChI=1S/C14H12N2O4/c17-14(18)10-16(15-19)12-8-4-5-9-13(12)20-11-6-2-1-3-7-11/h1-9H,10H2,(H,17,18). The normalized spacial score (nSPS) is 9.80. The highest BCUT2D eigenvalue weighted by Crippen LogP contribution is 2.32. The third kappa shape index (κ3) is 3.32. The number of carboxylic acid groups (broad SMARTS) is 1. The lowest BCUT2D eigenvalue weighted by Crippen LogP contribution is -2.24. The van der Waals surface area contributed by atoms with Gasteiger partial charge in [0.2, 0.25) is 0 Å². The Morgan fingerprint density at radius 3 is 2.40 bits per heavy atom. The molecule has 0 unspecified atom stereocenters. The van der Waals surface area contributed by atoms with Crippen molar-refractivity contribution in [1.29, 1.82) is 0 Å². The molecule has 0 bridgehead atoms. The summed E-state index contributed by atoms with van der Waals surface area (Å²) in [6.07, 6.45) is 0. The molecule has 0 saturated carbocycles. The van der Waals surface area contributed by atoms with Crippen molar-refractivity contribution in [2.45, 2.75) is 0 Å². The number of anilines is 1. The average Bonchev–Trinajstić information content (AvgIpc) is 2.46. The van der Waals surface area contributed by atoms with E-state index < -0.39 is 12.5 Å². The second-order valence-electron chi connectivity index (χ2n) is 3.92. The fraction of sp³-hybridized carbons (Fsp3) is 0.0714. The summed E-state index contributed by atoms with van der Waals surface area (Å²) in [5, 5.41) is 12.3. The van der Waals surface area contributed by atoms with Crippen LogP contribution in [0.3, 0.4) is 0 Å². The minimum Gasteiger partial charge on any atom is -0.480 e. The van der Waals surface area contributed by atoms with E-state index in [4.69, 9.17) is 9.84 Å². The summed E-state index contributed by atoms with van der Waals surface area (Å²) in [5.74, 6) is -0.209. The number of hydrogen-bond donors (Lipinski definition) is 1. The van der Waals surface area contributed by atoms with Gasteiger partial charge >= 0.3 is 5.97 Å². The van der Waals surface area contributed by atoms with Crippen LogP contribution in [0.15, 0.2) is 59.9 Å². The molecular weight excluding hydrogens is 260 g/mol. The number of aliphatic carboxylic acids is 1. The largest absolute Gasteiger partial charge is 0.480 e. The second kappa shape index (κ2) is 6.33. The molecule has 6 heteroatoms. The fourth-order valence-electron chi connectivity index (χ4n) is 1.66. The van der Waals surface area contributed by atoms with Crippen LogP contribution in [-0.2, 0) is 4.79 Å². The Morgan fingerprint density at radius 1 is 1.10 bits per heavy atom. The van der Waals surface area contributed by atoms with Gasteiger partial charge in [-0.1, -0.05) is 30.3 Å². The highest BCUT2D eigenvalue weighted by molar-refractivity contribution is 5.75. The molecule has 102 valence electrons. The highest BCUT2D eigenvalue weighted by Gasteiger charge is 2.16. The molecule has 0 aliphatic rings. The Kier molecular flexibility index (Phi) is 4.28. The number of nitrogens with zero attached hydrogens (tertiary/aromatic N) is 2. The zero-order valence-corrected chi connectivity index (χ0v) is 10.5. The fourth-order valence-corrected chi connectivity index (χ4v) is 1.66. The molecule has 2 aromatic carbocycles. The molecule has 0 spiro atoms. The van der Waals surface area contributed by atoms with Crippen LogP contribution in [-0.4, -0.2) is 17.6 Å². The molecule has 0 amide bonds. The van der Waals surface area contributed by atoms with Gasteiger partial charge in [-0.2, -0.15) is 0 Å². The first-order valence-electron chi connectivity index (χ1n) is 5.85. The van der Waals surface area contributed by atoms with E-state index in [0.717, 1.165) is 5.01 Å². The van der Waals surface area contributed by atoms with E-state index in [1.807, 2.05) is 18.2 Å². The lowest BCUT2D eigenvalue weighted by molar-refractivity contribution is -0.135. The molecule has 6 nitrogen and oxygen atoms in total. The van der Waals surface area contributed by atoms with Crippen LogP contribution in [0.5, 0.6) is 11.5 Å². The second-order valence-corrected chi connectivity index (χ2v) is 3.92. The van der Waals surface area contributed by atoms with Gasteiger partial charge in [-0.15, -0.1) is 4.91 Å². The molecule has 0 fully saturated rings. The molecule has 20 heavy (non-hydrogen) atoms. The predicted octanol–water partition coefficient (Wildman–Crippen LogP) is 3.05. The number of carboxylic acids is 1. The van der Waals surface area contributed by atoms with Gasteiger partial charge in [0.1, 0.15) is 18.0 Å². The molecule has 0 heterocycles. The van der Waals surface area contributed by atoms with Gasteiger partial charge in [-0.25, -0.2) is 5.01 Å². The Balaban J connectivity index is 2.30. The van der Waals surface area contributed by atoms with Gasteiger partial charge in [0.05, 0.1) is 5.29 Å². The summed E-state index contributed by atoms with van der Waals surface area (Å²) in [5.41, 5.74) is 0.300. The molecule has 0 aliphatic carbocycles. The van der Waals surface area contributed by atoms with Crippen LogP contribution < -0.4 is 9.75 Å². The predicted molar refractivity (Wildman–Crippen MR) is 73.7 cm³/mol. The number of para-hydroxylation sites is 3. The van der Waals surface area contributed by atoms with Crippen molar-refractivity contribution in [2.24, 2.45) is 5.29 Å². The lowest BCUT2D eigenvalue weighted by Gasteiger charge is -2.17. The molecule has 0 radical (unpaired) electrons. The van der Waals surface area contributed by atoms with Crippen molar-refractivity contribution in [3.05, 3.63) is 59.5 Å². The van der Waals surface area contributed by atoms with Crippen LogP contribution >= 0.6 is 0 Å². The maximum atomic E-state index is 10.8. The van der Waals surface area contributed by atoms with Gasteiger partial charge in [0.25, 0.3) is 0 Å². The minimum atomic E-state index is -1.15. The SMILES string of the molecule is O=NN(CC(=O)O)c1ccccc1Oc1ccccc1. The average molecular weight is 272 g/mol. The third-order valence-electron chi connectivity index (χ3n) is 2.50. The molecule has 0 saturated heterocycles. The molecule has 2 aromatic rings. The van der Waals surface area contributed by atoms with Crippen molar-refractivity contribution in [3.63, 3.8) is 0 Å². The number of benzene rings is 2. The molecule has 2 rings (SSSR count). The van der Waals surface area contributed by atoms with Crippen LogP contribution in [0.1, 0.15) is 0 Å². The van der Waals surface area contributed by atoms with Crippen molar-refractivity contribution in [2.75, 3.05) is 11.6 Å². The number of hydrogen-bond acceptors (Lipinski definition) is 4. The first-order chi connectivity index (χ1) is 9.70. The number of nitroso groups, excluding NO2 is 1. The smallest absolute Gasteiger partial charge is 0.325 e. The monoisotopic (exact) mass is 272 g/mol. The number of carbonyl (C=O) groups is 1. The van der Waals surface area contributed by atoms with E-state index in [1.54, 1.807) is 36.4 Å². The molecule has 0 aliphatic heterocycles. The topological polar surface area (TPSA) is 79.2 Å². The molecule has 1 N–H and O–H groups in total. The Bertz CT molecular complexity index is 601. The van der Waals surface area contributed by atoms with E-state index in [1.165, 1.54) is 0 Å². The maximum absolute atomic E-state index is 10.8. The summed E-state index contributed by atoms with van der Waals surface area (Å²) in [6, 6.07) is 15.6. The van der Waals surface area contributed by atoms with Crippen LogP contribution in [0, 0.1) is 4.91 Å². The van der Waals surface area contributed by atoms with Crippen molar-refractivity contribution >= 4 is 11.7 Å². The summed E-state index contributed by atoms with van der Waals surface area (Å²) in [7, 11) is 0. The lowest BCUT2D eigenvalue weighted by atomic mass is 10.2. The van der Waals surface area contributed by atoms with Crippen LogP contribution in [0.2, 0.25) is 0 Å². The van der Waals surface area contributed by atoms with Crippen LogP contribution in [0.25, 0.3) is 0 Å². The number of ether oxygens (including phenoxy) is 1. The summed E-state index contributed by atoms with van der Waals surface area (Å²) in [6.45, 7) is -0.529. The molecule has 0 atom stereocenters.